The first-order valence-corrected chi connectivity index (χ1v) is 16.9. The molecule has 3 saturated carbocycles. The molecule has 3 fully saturated rings. The van der Waals surface area contributed by atoms with E-state index in [9.17, 15) is 13.5 Å². The highest BCUT2D eigenvalue weighted by Gasteiger charge is 2.50. The van der Waals surface area contributed by atoms with Crippen LogP contribution in [0.5, 0.6) is 0 Å². The zero-order chi connectivity index (χ0) is 28.4. The molecular formula is C34H53NO3S. The number of benzene rings is 1. The van der Waals surface area contributed by atoms with E-state index in [1.54, 1.807) is 17.7 Å². The summed E-state index contributed by atoms with van der Waals surface area (Å²) in [6.45, 7) is 14.1. The van der Waals surface area contributed by atoms with Gasteiger partial charge in [-0.05, 0) is 105 Å². The third-order valence-electron chi connectivity index (χ3n) is 10.1. The van der Waals surface area contributed by atoms with Gasteiger partial charge in [0.1, 0.15) is 0 Å². The molecule has 1 aromatic carbocycles. The van der Waals surface area contributed by atoms with Crippen LogP contribution in [0.1, 0.15) is 111 Å². The van der Waals surface area contributed by atoms with Crippen LogP contribution in [0.3, 0.4) is 0 Å². The van der Waals surface area contributed by atoms with Crippen molar-refractivity contribution in [1.29, 1.82) is 0 Å². The normalized spacial score (nSPS) is 32.9. The molecule has 3 aliphatic carbocycles. The third-order valence-corrected chi connectivity index (χ3v) is 11.6. The van der Waals surface area contributed by atoms with Crippen LogP contribution >= 0.6 is 0 Å². The Balaban J connectivity index is 1.42. The predicted octanol–water partition coefficient (Wildman–Crippen LogP) is 8.11. The van der Waals surface area contributed by atoms with E-state index in [4.69, 9.17) is 0 Å². The van der Waals surface area contributed by atoms with Gasteiger partial charge in [-0.2, -0.15) is 0 Å². The molecule has 0 aromatic heterocycles. The first-order chi connectivity index (χ1) is 18.3. The largest absolute Gasteiger partial charge is 0.393 e. The first-order valence-electron chi connectivity index (χ1n) is 15.4. The summed E-state index contributed by atoms with van der Waals surface area (Å²) in [5, 5.41) is 10.6. The van der Waals surface area contributed by atoms with Crippen LogP contribution in [0.2, 0.25) is 0 Å². The van der Waals surface area contributed by atoms with Crippen molar-refractivity contribution < 1.29 is 13.5 Å². The Bertz CT molecular complexity index is 1140. The van der Waals surface area contributed by atoms with Crippen molar-refractivity contribution in [1.82, 2.24) is 4.72 Å². The molecule has 4 nitrogen and oxygen atoms in total. The molecule has 218 valence electrons. The molecule has 2 N–H and O–H groups in total. The van der Waals surface area contributed by atoms with Crippen LogP contribution in [0.4, 0.5) is 0 Å². The number of aryl methyl sites for hydroxylation is 1. The Kier molecular flexibility index (Phi) is 9.55. The van der Waals surface area contributed by atoms with Crippen LogP contribution in [-0.4, -0.2) is 25.7 Å². The molecule has 5 heteroatoms. The monoisotopic (exact) mass is 555 g/mol. The van der Waals surface area contributed by atoms with Crippen molar-refractivity contribution in [3.63, 3.8) is 0 Å². The molecule has 39 heavy (non-hydrogen) atoms. The summed E-state index contributed by atoms with van der Waals surface area (Å²) >= 11 is 0. The second kappa shape index (κ2) is 12.2. The summed E-state index contributed by atoms with van der Waals surface area (Å²) in [6, 6.07) is 6.66. The molecule has 0 unspecified atom stereocenters. The lowest BCUT2D eigenvalue weighted by atomic mass is 9.60. The van der Waals surface area contributed by atoms with Crippen molar-refractivity contribution in [2.75, 3.05) is 0 Å². The number of fused-ring (bicyclic) bond motifs is 1. The van der Waals surface area contributed by atoms with Crippen LogP contribution in [0.15, 0.2) is 52.5 Å². The smallest absolute Gasteiger partial charge is 0.240 e. The van der Waals surface area contributed by atoms with Crippen molar-refractivity contribution in [2.45, 2.75) is 129 Å². The highest BCUT2D eigenvalue weighted by molar-refractivity contribution is 7.89. The lowest BCUT2D eigenvalue weighted by molar-refractivity contribution is 0.0920. The van der Waals surface area contributed by atoms with E-state index in [1.807, 2.05) is 19.1 Å². The van der Waals surface area contributed by atoms with Crippen LogP contribution in [0.25, 0.3) is 0 Å². The standard InChI is InChI=1S/C34H53NO3S/c1-24-11-15-30(16-12-24)39(37,38)35-28-21-26(22-29(36)23-28)13-14-27-10-8-20-34(6)31(17-18-32(27)34)25(2)9-7-19-33(3,4)5/h11-16,25,28-29,31-32,35-36H,7-10,17-23H2,1-6H3/b26-13+,27-14+/t25-,28-,29-,31-,32+,34-/m1/s1. The fourth-order valence-corrected chi connectivity index (χ4v) is 9.27. The highest BCUT2D eigenvalue weighted by Crippen LogP contribution is 2.60. The van der Waals surface area contributed by atoms with Gasteiger partial charge in [0.05, 0.1) is 11.0 Å². The van der Waals surface area contributed by atoms with Gasteiger partial charge < -0.3 is 5.11 Å². The maximum absolute atomic E-state index is 13.0. The second-order valence-electron chi connectivity index (χ2n) is 14.5. The Morgan fingerprint density at radius 2 is 1.85 bits per heavy atom. The number of sulfonamides is 1. The Morgan fingerprint density at radius 1 is 1.13 bits per heavy atom. The van der Waals surface area contributed by atoms with E-state index in [0.29, 0.717) is 36.0 Å². The number of rotatable bonds is 8. The van der Waals surface area contributed by atoms with Crippen molar-refractivity contribution in [2.24, 2.45) is 28.6 Å². The minimum absolute atomic E-state index is 0.283. The summed E-state index contributed by atoms with van der Waals surface area (Å²) in [4.78, 5) is 0.283. The van der Waals surface area contributed by atoms with E-state index in [1.165, 1.54) is 51.4 Å². The molecule has 6 atom stereocenters. The molecular weight excluding hydrogens is 502 g/mol. The molecule has 0 aliphatic heterocycles. The number of aliphatic hydroxyl groups excluding tert-OH is 1. The summed E-state index contributed by atoms with van der Waals surface area (Å²) in [5.41, 5.74) is 4.57. The Hall–Kier alpha value is -1.43. The fraction of sp³-hybridized carbons (Fsp3) is 0.706. The summed E-state index contributed by atoms with van der Waals surface area (Å²) in [7, 11) is -3.61. The molecule has 0 heterocycles. The molecule has 0 saturated heterocycles. The molecule has 0 spiro atoms. The van der Waals surface area contributed by atoms with E-state index in [2.05, 4.69) is 51.5 Å². The average molecular weight is 556 g/mol. The Labute approximate surface area is 238 Å². The van der Waals surface area contributed by atoms with Gasteiger partial charge in [-0.15, -0.1) is 0 Å². The maximum atomic E-state index is 13.0. The van der Waals surface area contributed by atoms with Crippen molar-refractivity contribution in [3.05, 3.63) is 53.1 Å². The summed E-state index contributed by atoms with van der Waals surface area (Å²) in [6.07, 6.45) is 16.2. The van der Waals surface area contributed by atoms with Gasteiger partial charge in [-0.3, -0.25) is 0 Å². The van der Waals surface area contributed by atoms with Crippen LogP contribution in [0, 0.1) is 35.5 Å². The van der Waals surface area contributed by atoms with Crippen LogP contribution in [-0.2, 0) is 10.0 Å². The number of allylic oxidation sites excluding steroid dienone is 3. The maximum Gasteiger partial charge on any atom is 0.240 e. The second-order valence-corrected chi connectivity index (χ2v) is 16.2. The first kappa shape index (κ1) is 30.5. The fourth-order valence-electron chi connectivity index (χ4n) is 8.02. The molecule has 0 radical (unpaired) electrons. The van der Waals surface area contributed by atoms with Crippen LogP contribution < -0.4 is 4.72 Å². The summed E-state index contributed by atoms with van der Waals surface area (Å²) in [5.74, 6) is 2.23. The van der Waals surface area contributed by atoms with Gasteiger partial charge in [0, 0.05) is 6.04 Å². The van der Waals surface area contributed by atoms with Crippen molar-refractivity contribution >= 4 is 10.0 Å². The number of nitrogens with one attached hydrogen (secondary N) is 1. The highest BCUT2D eigenvalue weighted by atomic mass is 32.2. The van der Waals surface area contributed by atoms with E-state index < -0.39 is 16.1 Å². The molecule has 4 rings (SSSR count). The van der Waals surface area contributed by atoms with Gasteiger partial charge >= 0.3 is 0 Å². The van der Waals surface area contributed by atoms with E-state index in [-0.39, 0.29) is 10.9 Å². The lowest BCUT2D eigenvalue weighted by Gasteiger charge is -2.44. The number of hydrogen-bond donors (Lipinski definition) is 2. The minimum Gasteiger partial charge on any atom is -0.393 e. The molecule has 0 amide bonds. The van der Waals surface area contributed by atoms with Gasteiger partial charge in [-0.1, -0.05) is 88.5 Å². The number of hydrogen-bond acceptors (Lipinski definition) is 3. The minimum atomic E-state index is -3.61. The SMILES string of the molecule is Cc1ccc(S(=O)(=O)N[C@@H]2C/C(=C\C=C3/CCC[C@]4(C)[C@@H]([C@H](C)CCCC(C)(C)C)CC[C@@H]34)C[C@@H](O)C2)cc1. The van der Waals surface area contributed by atoms with Gasteiger partial charge in [0.25, 0.3) is 0 Å². The zero-order valence-electron chi connectivity index (χ0n) is 25.3. The van der Waals surface area contributed by atoms with E-state index >= 15 is 0 Å². The third kappa shape index (κ3) is 7.65. The zero-order valence-corrected chi connectivity index (χ0v) is 26.1. The Morgan fingerprint density at radius 3 is 2.54 bits per heavy atom. The quantitative estimate of drug-likeness (QED) is 0.340. The predicted molar refractivity (Wildman–Crippen MR) is 162 cm³/mol. The van der Waals surface area contributed by atoms with Crippen molar-refractivity contribution in [3.8, 4) is 0 Å². The van der Waals surface area contributed by atoms with E-state index in [0.717, 1.165) is 23.0 Å². The van der Waals surface area contributed by atoms with Gasteiger partial charge in [-0.25, -0.2) is 13.1 Å². The van der Waals surface area contributed by atoms with Gasteiger partial charge in [0.2, 0.25) is 10.0 Å². The average Bonchev–Trinajstić information content (AvgIpc) is 3.19. The molecule has 1 aromatic rings. The molecule has 0 bridgehead atoms. The van der Waals surface area contributed by atoms with Gasteiger partial charge in [0.15, 0.2) is 0 Å². The number of aliphatic hydroxyl groups is 1. The lowest BCUT2D eigenvalue weighted by Crippen LogP contribution is -2.40. The topological polar surface area (TPSA) is 66.4 Å². The summed E-state index contributed by atoms with van der Waals surface area (Å²) < 4.78 is 28.8. The molecule has 3 aliphatic rings.